The second-order valence-electron chi connectivity index (χ2n) is 5.02. The van der Waals surface area contributed by atoms with Crippen molar-refractivity contribution in [1.82, 2.24) is 4.98 Å². The molecule has 0 aliphatic rings. The first kappa shape index (κ1) is 16.1. The van der Waals surface area contributed by atoms with Crippen LogP contribution in [0.25, 0.3) is 0 Å². The fourth-order valence-electron chi connectivity index (χ4n) is 2.31. The summed E-state index contributed by atoms with van der Waals surface area (Å²) in [5.41, 5.74) is 1.08. The predicted molar refractivity (Wildman–Crippen MR) is 79.9 cm³/mol. The molecular formula is C16H17F3N2O. The van der Waals surface area contributed by atoms with Gasteiger partial charge in [-0.3, -0.25) is 4.79 Å². The summed E-state index contributed by atoms with van der Waals surface area (Å²) < 4.78 is 38.8. The smallest absolute Gasteiger partial charge is 0.376 e. The number of anilines is 1. The standard InChI is InChI=1S/C16H17F3N2O/c1-3-11-8-14(15(22)21-10(11)2)20-9-12-6-4-5-7-13(12)16(17,18)19/h4-8,20H,3,9H2,1-2H3,(H,21,22). The Kier molecular flexibility index (Phi) is 4.59. The number of aromatic nitrogens is 1. The molecule has 2 rings (SSSR count). The third-order valence-corrected chi connectivity index (χ3v) is 3.52. The fourth-order valence-corrected chi connectivity index (χ4v) is 2.31. The van der Waals surface area contributed by atoms with Crippen molar-refractivity contribution >= 4 is 5.69 Å². The first-order chi connectivity index (χ1) is 10.3. The molecule has 2 N–H and O–H groups in total. The maximum Gasteiger partial charge on any atom is 0.416 e. The number of pyridine rings is 1. The molecule has 0 radical (unpaired) electrons. The van der Waals surface area contributed by atoms with Gasteiger partial charge in [0.05, 0.1) is 5.56 Å². The van der Waals surface area contributed by atoms with Crippen molar-refractivity contribution in [3.8, 4) is 0 Å². The van der Waals surface area contributed by atoms with Gasteiger partial charge in [0.25, 0.3) is 5.56 Å². The molecule has 0 amide bonds. The highest BCUT2D eigenvalue weighted by Crippen LogP contribution is 2.32. The van der Waals surface area contributed by atoms with E-state index >= 15 is 0 Å². The minimum Gasteiger partial charge on any atom is -0.376 e. The molecule has 3 nitrogen and oxygen atoms in total. The number of aromatic amines is 1. The molecule has 0 fully saturated rings. The van der Waals surface area contributed by atoms with Crippen LogP contribution in [0.2, 0.25) is 0 Å². The minimum absolute atomic E-state index is 0.0645. The highest BCUT2D eigenvalue weighted by atomic mass is 19.4. The molecule has 0 unspecified atom stereocenters. The lowest BCUT2D eigenvalue weighted by molar-refractivity contribution is -0.138. The first-order valence-electron chi connectivity index (χ1n) is 6.94. The Morgan fingerprint density at radius 2 is 1.86 bits per heavy atom. The van der Waals surface area contributed by atoms with Gasteiger partial charge in [-0.25, -0.2) is 0 Å². The SMILES string of the molecule is CCc1cc(NCc2ccccc2C(F)(F)F)c(=O)[nH]c1C. The van der Waals surface area contributed by atoms with E-state index in [1.54, 1.807) is 19.1 Å². The van der Waals surface area contributed by atoms with Crippen LogP contribution in [0, 0.1) is 6.92 Å². The Hall–Kier alpha value is -2.24. The van der Waals surface area contributed by atoms with E-state index in [0.717, 1.165) is 23.7 Å². The molecule has 22 heavy (non-hydrogen) atoms. The molecule has 118 valence electrons. The summed E-state index contributed by atoms with van der Waals surface area (Å²) in [4.78, 5) is 14.6. The van der Waals surface area contributed by atoms with E-state index in [1.165, 1.54) is 12.1 Å². The largest absolute Gasteiger partial charge is 0.416 e. The van der Waals surface area contributed by atoms with E-state index in [1.807, 2.05) is 6.92 Å². The van der Waals surface area contributed by atoms with Crippen molar-refractivity contribution in [2.75, 3.05) is 5.32 Å². The van der Waals surface area contributed by atoms with Crippen LogP contribution < -0.4 is 10.9 Å². The van der Waals surface area contributed by atoms with E-state index in [0.29, 0.717) is 0 Å². The van der Waals surface area contributed by atoms with Gasteiger partial charge in [-0.2, -0.15) is 13.2 Å². The zero-order chi connectivity index (χ0) is 16.3. The van der Waals surface area contributed by atoms with Crippen LogP contribution in [-0.2, 0) is 19.1 Å². The maximum absolute atomic E-state index is 12.9. The van der Waals surface area contributed by atoms with Gasteiger partial charge in [-0.15, -0.1) is 0 Å². The molecule has 0 aliphatic carbocycles. The summed E-state index contributed by atoms with van der Waals surface area (Å²) in [6.45, 7) is 3.68. The van der Waals surface area contributed by atoms with Crippen molar-refractivity contribution in [3.63, 3.8) is 0 Å². The van der Waals surface area contributed by atoms with E-state index in [-0.39, 0.29) is 23.4 Å². The van der Waals surface area contributed by atoms with Crippen LogP contribution in [0.4, 0.5) is 18.9 Å². The number of H-pyrrole nitrogens is 1. The number of nitrogens with one attached hydrogen (secondary N) is 2. The summed E-state index contributed by atoms with van der Waals surface area (Å²) in [7, 11) is 0. The van der Waals surface area contributed by atoms with Gasteiger partial charge in [0, 0.05) is 12.2 Å². The average molecular weight is 310 g/mol. The topological polar surface area (TPSA) is 44.9 Å². The Labute approximate surface area is 126 Å². The highest BCUT2D eigenvalue weighted by molar-refractivity contribution is 5.46. The van der Waals surface area contributed by atoms with Gasteiger partial charge in [0.1, 0.15) is 5.69 Å². The van der Waals surface area contributed by atoms with Gasteiger partial charge in [-0.1, -0.05) is 25.1 Å². The van der Waals surface area contributed by atoms with Gasteiger partial charge < -0.3 is 10.3 Å². The minimum atomic E-state index is -4.41. The molecule has 0 bridgehead atoms. The summed E-state index contributed by atoms with van der Waals surface area (Å²) in [5.74, 6) is 0. The molecule has 1 heterocycles. The molecule has 1 aromatic carbocycles. The lowest BCUT2D eigenvalue weighted by Crippen LogP contribution is -2.18. The Morgan fingerprint density at radius 3 is 2.50 bits per heavy atom. The summed E-state index contributed by atoms with van der Waals surface area (Å²) >= 11 is 0. The predicted octanol–water partition coefficient (Wildman–Crippen LogP) is 3.88. The molecule has 6 heteroatoms. The van der Waals surface area contributed by atoms with Gasteiger partial charge in [-0.05, 0) is 36.6 Å². The van der Waals surface area contributed by atoms with Crippen molar-refractivity contribution in [2.24, 2.45) is 0 Å². The zero-order valence-corrected chi connectivity index (χ0v) is 12.3. The molecule has 0 saturated heterocycles. The summed E-state index contributed by atoms with van der Waals surface area (Å²) in [6.07, 6.45) is -3.68. The highest BCUT2D eigenvalue weighted by Gasteiger charge is 2.32. The zero-order valence-electron chi connectivity index (χ0n) is 12.3. The monoisotopic (exact) mass is 310 g/mol. The maximum atomic E-state index is 12.9. The Balaban J connectivity index is 2.27. The van der Waals surface area contributed by atoms with Crippen LogP contribution in [0.3, 0.4) is 0 Å². The van der Waals surface area contributed by atoms with Crippen LogP contribution in [0.15, 0.2) is 35.1 Å². The molecule has 1 aromatic heterocycles. The molecule has 2 aromatic rings. The number of aryl methyl sites for hydroxylation is 2. The quantitative estimate of drug-likeness (QED) is 0.900. The van der Waals surface area contributed by atoms with Gasteiger partial charge >= 0.3 is 6.18 Å². The lowest BCUT2D eigenvalue weighted by Gasteiger charge is -2.14. The van der Waals surface area contributed by atoms with Crippen LogP contribution >= 0.6 is 0 Å². The number of halogens is 3. The first-order valence-corrected chi connectivity index (χ1v) is 6.94. The van der Waals surface area contributed by atoms with E-state index in [4.69, 9.17) is 0 Å². The number of benzene rings is 1. The summed E-state index contributed by atoms with van der Waals surface area (Å²) in [6, 6.07) is 7.01. The second kappa shape index (κ2) is 6.25. The fraction of sp³-hybridized carbons (Fsp3) is 0.312. The number of hydrogen-bond acceptors (Lipinski definition) is 2. The normalized spacial score (nSPS) is 11.5. The number of alkyl halides is 3. The van der Waals surface area contributed by atoms with Crippen molar-refractivity contribution in [3.05, 3.63) is 63.1 Å². The van der Waals surface area contributed by atoms with E-state index in [2.05, 4.69) is 10.3 Å². The molecule has 0 spiro atoms. The molecular weight excluding hydrogens is 293 g/mol. The third kappa shape index (κ3) is 3.50. The number of hydrogen-bond donors (Lipinski definition) is 2. The van der Waals surface area contributed by atoms with Crippen molar-refractivity contribution in [2.45, 2.75) is 33.0 Å². The molecule has 0 saturated carbocycles. The molecule has 0 aliphatic heterocycles. The second-order valence-corrected chi connectivity index (χ2v) is 5.02. The Bertz CT molecular complexity index is 720. The van der Waals surface area contributed by atoms with Crippen LogP contribution in [-0.4, -0.2) is 4.98 Å². The average Bonchev–Trinajstić information content (AvgIpc) is 2.46. The lowest BCUT2D eigenvalue weighted by atomic mass is 10.1. The van der Waals surface area contributed by atoms with Crippen LogP contribution in [0.1, 0.15) is 29.3 Å². The van der Waals surface area contributed by atoms with Crippen molar-refractivity contribution < 1.29 is 13.2 Å². The summed E-state index contributed by atoms with van der Waals surface area (Å²) in [5, 5.41) is 2.80. The third-order valence-electron chi connectivity index (χ3n) is 3.52. The van der Waals surface area contributed by atoms with Gasteiger partial charge in [0.2, 0.25) is 0 Å². The van der Waals surface area contributed by atoms with Gasteiger partial charge in [0.15, 0.2) is 0 Å². The Morgan fingerprint density at radius 1 is 1.18 bits per heavy atom. The van der Waals surface area contributed by atoms with E-state index in [9.17, 15) is 18.0 Å². The van der Waals surface area contributed by atoms with Crippen molar-refractivity contribution in [1.29, 1.82) is 0 Å². The van der Waals surface area contributed by atoms with E-state index < -0.39 is 11.7 Å². The van der Waals surface area contributed by atoms with Crippen LogP contribution in [0.5, 0.6) is 0 Å². The molecule has 0 atom stereocenters. The number of rotatable bonds is 4.